The second kappa shape index (κ2) is 11.5. The third-order valence-electron chi connectivity index (χ3n) is 10.5. The van der Waals surface area contributed by atoms with Gasteiger partial charge in [0.1, 0.15) is 11.6 Å². The third-order valence-corrected chi connectivity index (χ3v) is 12.0. The number of alkyl halides is 2. The van der Waals surface area contributed by atoms with Crippen LogP contribution < -0.4 is 9.80 Å². The maximum atomic E-state index is 14.4. The number of ketones is 1. The molecule has 6 unspecified atom stereocenters. The van der Waals surface area contributed by atoms with E-state index in [4.69, 9.17) is 23.2 Å². The molecule has 2 heterocycles. The maximum absolute atomic E-state index is 14.4. The van der Waals surface area contributed by atoms with E-state index < -0.39 is 62.9 Å². The van der Waals surface area contributed by atoms with Crippen molar-refractivity contribution in [1.29, 1.82) is 0 Å². The average Bonchev–Trinajstić information content (AvgIpc) is 3.47. The highest BCUT2D eigenvalue weighted by atomic mass is 35.5. The molecule has 0 bridgehead atoms. The van der Waals surface area contributed by atoms with Gasteiger partial charge in [-0.2, -0.15) is 0 Å². The second-order valence-corrected chi connectivity index (χ2v) is 14.3. The molecule has 8 rings (SSSR count). The molecule has 1 N–H and O–H groups in total. The number of phenolic OH excluding ortho intramolecular Hbond substituents is 1. The molecule has 1 saturated carbocycles. The van der Waals surface area contributed by atoms with E-state index in [-0.39, 0.29) is 30.1 Å². The lowest BCUT2D eigenvalue weighted by Gasteiger charge is -2.50. The van der Waals surface area contributed by atoms with Gasteiger partial charge in [-0.05, 0) is 85.0 Å². The highest BCUT2D eigenvalue weighted by Gasteiger charge is 2.76. The van der Waals surface area contributed by atoms with Crippen molar-refractivity contribution in [2.45, 2.75) is 28.5 Å². The molecule has 250 valence electrons. The van der Waals surface area contributed by atoms with E-state index in [0.717, 1.165) is 21.9 Å². The Morgan fingerprint density at radius 1 is 0.720 bits per heavy atom. The number of hydrogen-bond donors (Lipinski definition) is 1. The normalized spacial score (nSPS) is 28.7. The van der Waals surface area contributed by atoms with Crippen molar-refractivity contribution >= 4 is 64.0 Å². The Labute approximate surface area is 295 Å². The summed E-state index contributed by atoms with van der Waals surface area (Å²) in [4.78, 5) is 67.9. The number of benzene rings is 4. The van der Waals surface area contributed by atoms with Gasteiger partial charge >= 0.3 is 0 Å². The minimum atomic E-state index is -2.07. The minimum Gasteiger partial charge on any atom is -0.508 e. The first-order chi connectivity index (χ1) is 24.0. The molecule has 0 spiro atoms. The number of carbonyl (C=O) groups excluding carboxylic acids is 5. The molecule has 0 aromatic heterocycles. The fourth-order valence-electron chi connectivity index (χ4n) is 8.21. The van der Waals surface area contributed by atoms with Crippen molar-refractivity contribution in [2.75, 3.05) is 9.80 Å². The zero-order valence-corrected chi connectivity index (χ0v) is 27.6. The van der Waals surface area contributed by atoms with E-state index in [2.05, 4.69) is 0 Å². The Balaban J connectivity index is 1.19. The van der Waals surface area contributed by atoms with Gasteiger partial charge in [0.2, 0.25) is 11.8 Å². The molecule has 8 nitrogen and oxygen atoms in total. The van der Waals surface area contributed by atoms with Gasteiger partial charge < -0.3 is 5.11 Å². The first-order valence-electron chi connectivity index (χ1n) is 16.0. The smallest absolute Gasteiger partial charge is 0.258 e. The van der Waals surface area contributed by atoms with Crippen molar-refractivity contribution in [2.24, 2.45) is 17.8 Å². The Bertz CT molecular complexity index is 2140. The van der Waals surface area contributed by atoms with E-state index >= 15 is 0 Å². The summed E-state index contributed by atoms with van der Waals surface area (Å²) in [5.74, 6) is -6.82. The van der Waals surface area contributed by atoms with Crippen molar-refractivity contribution < 1.29 is 33.5 Å². The van der Waals surface area contributed by atoms with E-state index in [9.17, 15) is 33.5 Å². The molecule has 50 heavy (non-hydrogen) atoms. The van der Waals surface area contributed by atoms with Crippen LogP contribution in [0.3, 0.4) is 0 Å². The predicted molar refractivity (Wildman–Crippen MR) is 184 cm³/mol. The minimum absolute atomic E-state index is 0.0370. The van der Waals surface area contributed by atoms with Crippen LogP contribution in [0.25, 0.3) is 0 Å². The lowest BCUT2D eigenvalue weighted by atomic mass is 9.56. The average molecular weight is 710 g/mol. The summed E-state index contributed by atoms with van der Waals surface area (Å²) in [6.45, 7) is 0. The van der Waals surface area contributed by atoms with Crippen LogP contribution in [0.1, 0.15) is 40.2 Å². The van der Waals surface area contributed by atoms with Gasteiger partial charge in [-0.25, -0.2) is 9.29 Å². The van der Waals surface area contributed by atoms with Gasteiger partial charge in [-0.15, -0.1) is 23.2 Å². The summed E-state index contributed by atoms with van der Waals surface area (Å²) >= 11 is 14.7. The van der Waals surface area contributed by atoms with Gasteiger partial charge in [0, 0.05) is 17.0 Å². The number of allylic oxidation sites excluding steroid dienone is 2. The number of carbonyl (C=O) groups is 5. The number of nitrogens with zero attached hydrogens (tertiary/aromatic N) is 2. The van der Waals surface area contributed by atoms with Crippen molar-refractivity contribution in [3.8, 4) is 5.75 Å². The van der Waals surface area contributed by atoms with Crippen LogP contribution >= 0.6 is 23.2 Å². The Hall–Kier alpha value is -5.12. The van der Waals surface area contributed by atoms with Gasteiger partial charge in [0.25, 0.3) is 11.8 Å². The Morgan fingerprint density at radius 3 is 1.98 bits per heavy atom. The lowest BCUT2D eigenvalue weighted by Crippen LogP contribution is -2.60. The number of phenols is 1. The highest BCUT2D eigenvalue weighted by Crippen LogP contribution is 2.66. The Morgan fingerprint density at radius 2 is 1.32 bits per heavy atom. The van der Waals surface area contributed by atoms with E-state index in [1.165, 1.54) is 24.3 Å². The molecule has 2 aliphatic heterocycles. The number of halogens is 3. The first-order valence-corrected chi connectivity index (χ1v) is 16.8. The first kappa shape index (κ1) is 32.1. The monoisotopic (exact) mass is 708 g/mol. The Kier molecular flexibility index (Phi) is 7.36. The van der Waals surface area contributed by atoms with E-state index in [1.54, 1.807) is 60.7 Å². The zero-order chi connectivity index (χ0) is 35.1. The van der Waals surface area contributed by atoms with Crippen LogP contribution in [0.4, 0.5) is 15.8 Å². The number of rotatable bonds is 5. The number of amides is 4. The van der Waals surface area contributed by atoms with Crippen LogP contribution in [0.15, 0.2) is 115 Å². The maximum Gasteiger partial charge on any atom is 0.258 e. The summed E-state index contributed by atoms with van der Waals surface area (Å²) < 4.78 is 13.9. The zero-order valence-electron chi connectivity index (χ0n) is 26.1. The molecule has 11 heteroatoms. The number of anilines is 2. The van der Waals surface area contributed by atoms with Crippen molar-refractivity contribution in [3.05, 3.63) is 137 Å². The van der Waals surface area contributed by atoms with Gasteiger partial charge in [0.05, 0.1) is 23.2 Å². The van der Waals surface area contributed by atoms with Gasteiger partial charge in [0.15, 0.2) is 15.5 Å². The number of fused-ring (bicyclic) bond motifs is 4. The number of imide groups is 2. The number of hydrogen-bond acceptors (Lipinski definition) is 6. The van der Waals surface area contributed by atoms with Crippen molar-refractivity contribution in [3.63, 3.8) is 0 Å². The topological polar surface area (TPSA) is 112 Å². The van der Waals surface area contributed by atoms with Crippen LogP contribution in [-0.4, -0.2) is 44.3 Å². The summed E-state index contributed by atoms with van der Waals surface area (Å²) in [6.07, 6.45) is 1.76. The van der Waals surface area contributed by atoms with Crippen LogP contribution in [-0.2, 0) is 19.2 Å². The summed E-state index contributed by atoms with van der Waals surface area (Å²) in [5.41, 5.74) is 2.35. The molecule has 2 saturated heterocycles. The van der Waals surface area contributed by atoms with Gasteiger partial charge in [-0.1, -0.05) is 54.1 Å². The largest absolute Gasteiger partial charge is 0.508 e. The molecule has 3 fully saturated rings. The van der Waals surface area contributed by atoms with Crippen LogP contribution in [0, 0.1) is 23.6 Å². The predicted octanol–water partition coefficient (Wildman–Crippen LogP) is 6.53. The number of aromatic hydroxyl groups is 1. The molecule has 0 radical (unpaired) electrons. The summed E-state index contributed by atoms with van der Waals surface area (Å²) in [7, 11) is 0. The molecular formula is C39H27Cl2FN2O6. The molecule has 4 aliphatic rings. The van der Waals surface area contributed by atoms with Crippen molar-refractivity contribution in [1.82, 2.24) is 0 Å². The SMILES string of the molecule is O=C(c1ccccc1)c1ccc(N2C(=O)C3CC=C4C(CC5(Cl)C(=O)N(c6ccc(F)cc6)C(=O)C5(Cl)C4c4ccc(O)cc4)C3C2=O)cc1. The summed E-state index contributed by atoms with van der Waals surface area (Å²) in [6, 6.07) is 25.8. The second-order valence-electron chi connectivity index (χ2n) is 13.1. The third kappa shape index (κ3) is 4.46. The summed E-state index contributed by atoms with van der Waals surface area (Å²) in [5, 5.41) is 10.1. The van der Waals surface area contributed by atoms with Crippen LogP contribution in [0.5, 0.6) is 5.75 Å². The highest BCUT2D eigenvalue weighted by molar-refractivity contribution is 6.58. The molecule has 6 atom stereocenters. The lowest BCUT2D eigenvalue weighted by molar-refractivity contribution is -0.125. The van der Waals surface area contributed by atoms with E-state index in [1.807, 2.05) is 12.1 Å². The van der Waals surface area contributed by atoms with Gasteiger partial charge in [-0.3, -0.25) is 28.9 Å². The fourth-order valence-corrected chi connectivity index (χ4v) is 9.15. The molecular weight excluding hydrogens is 682 g/mol. The van der Waals surface area contributed by atoms with Crippen LogP contribution in [0.2, 0.25) is 0 Å². The standard InChI is InChI=1S/C39H27Cl2FN2O6/c40-38-20-30-28(32(21-8-16-27(45)17-9-21)39(38,41)37(50)44(36(38)49)26-14-10-24(42)11-15-26)18-19-29-31(30)35(48)43(34(29)47)25-12-6-23(7-13-25)33(46)22-4-2-1-3-5-22/h1-18,29-32,45H,19-20H2. The molecule has 4 amide bonds. The molecule has 2 aliphatic carbocycles. The molecule has 4 aromatic carbocycles. The quantitative estimate of drug-likeness (QED) is 0.109. The van der Waals surface area contributed by atoms with E-state index in [0.29, 0.717) is 28.0 Å². The fraction of sp³-hybridized carbons (Fsp3) is 0.205. The molecule has 4 aromatic rings.